The van der Waals surface area contributed by atoms with Crippen LogP contribution in [-0.2, 0) is 24.3 Å². The van der Waals surface area contributed by atoms with Crippen LogP contribution in [0.4, 0.5) is 13.2 Å². The van der Waals surface area contributed by atoms with E-state index in [1.165, 1.54) is 12.1 Å². The Labute approximate surface area is 256 Å². The molecule has 13 heteroatoms. The average Bonchev–Trinajstić information content (AvgIpc) is 3.43. The van der Waals surface area contributed by atoms with E-state index >= 15 is 0 Å². The lowest BCUT2D eigenvalue weighted by Gasteiger charge is -2.28. The molecule has 2 atom stereocenters. The first-order valence-electron chi connectivity index (χ1n) is 13.7. The molecule has 1 unspecified atom stereocenters. The Balaban J connectivity index is 1.24. The fourth-order valence-corrected chi connectivity index (χ4v) is 5.12. The molecule has 0 bridgehead atoms. The topological polar surface area (TPSA) is 121 Å². The van der Waals surface area contributed by atoms with Crippen molar-refractivity contribution in [2.45, 2.75) is 44.4 Å². The largest absolute Gasteiger partial charge is 0.573 e. The summed E-state index contributed by atoms with van der Waals surface area (Å²) in [6, 6.07) is 16.8. The van der Waals surface area contributed by atoms with Gasteiger partial charge in [0.25, 0.3) is 5.91 Å². The first-order chi connectivity index (χ1) is 21.1. The van der Waals surface area contributed by atoms with Gasteiger partial charge in [0, 0.05) is 48.8 Å². The molecule has 5 rings (SSSR count). The summed E-state index contributed by atoms with van der Waals surface area (Å²) in [6.07, 6.45) is -0.535. The third-order valence-corrected chi connectivity index (χ3v) is 7.41. The van der Waals surface area contributed by atoms with Gasteiger partial charge in [0.15, 0.2) is 0 Å². The van der Waals surface area contributed by atoms with Crippen molar-refractivity contribution >= 4 is 23.4 Å². The molecule has 2 amide bonds. The minimum Gasteiger partial charge on any atom is -0.492 e. The number of aromatic nitrogens is 2. The number of amides is 2. The SMILES string of the molecule is NC(=O)[C@H](Cc1ccc(Cl)cc1)NC(=O)c1cccc2c1OCCC2NCc1cncn1Cc1ccc(OC(F)(F)F)cc1. The normalized spacial score (nSPS) is 15.1. The van der Waals surface area contributed by atoms with E-state index in [4.69, 9.17) is 22.1 Å². The Hall–Kier alpha value is -4.55. The summed E-state index contributed by atoms with van der Waals surface area (Å²) in [5, 5.41) is 6.80. The van der Waals surface area contributed by atoms with Crippen LogP contribution >= 0.6 is 11.6 Å². The predicted molar refractivity (Wildman–Crippen MR) is 156 cm³/mol. The van der Waals surface area contributed by atoms with E-state index in [2.05, 4.69) is 20.4 Å². The van der Waals surface area contributed by atoms with E-state index < -0.39 is 24.2 Å². The van der Waals surface area contributed by atoms with Gasteiger partial charge in [-0.1, -0.05) is 48.0 Å². The summed E-state index contributed by atoms with van der Waals surface area (Å²) in [5.41, 5.74) is 9.11. The van der Waals surface area contributed by atoms with Crippen LogP contribution in [-0.4, -0.2) is 40.4 Å². The van der Waals surface area contributed by atoms with E-state index in [1.54, 1.807) is 61.1 Å². The van der Waals surface area contributed by atoms with Gasteiger partial charge in [-0.2, -0.15) is 0 Å². The van der Waals surface area contributed by atoms with Gasteiger partial charge in [0.2, 0.25) is 5.91 Å². The first-order valence-corrected chi connectivity index (χ1v) is 14.1. The number of nitrogens with two attached hydrogens (primary N) is 1. The first kappa shape index (κ1) is 30.9. The van der Waals surface area contributed by atoms with Gasteiger partial charge in [-0.15, -0.1) is 13.2 Å². The van der Waals surface area contributed by atoms with Crippen molar-refractivity contribution in [1.29, 1.82) is 0 Å². The van der Waals surface area contributed by atoms with Crippen LogP contribution in [0.3, 0.4) is 0 Å². The average molecular weight is 628 g/mol. The number of rotatable bonds is 11. The highest BCUT2D eigenvalue weighted by molar-refractivity contribution is 6.30. The van der Waals surface area contributed by atoms with Crippen molar-refractivity contribution in [2.24, 2.45) is 5.73 Å². The summed E-state index contributed by atoms with van der Waals surface area (Å²) in [6.45, 7) is 1.19. The lowest BCUT2D eigenvalue weighted by atomic mass is 9.96. The number of alkyl halides is 3. The van der Waals surface area contributed by atoms with Crippen molar-refractivity contribution < 1.29 is 32.2 Å². The molecule has 1 aliphatic heterocycles. The highest BCUT2D eigenvalue weighted by Gasteiger charge is 2.31. The number of imidazole rings is 1. The van der Waals surface area contributed by atoms with Crippen LogP contribution in [0.2, 0.25) is 5.02 Å². The Bertz CT molecular complexity index is 1610. The highest BCUT2D eigenvalue weighted by Crippen LogP contribution is 2.35. The number of carbonyl (C=O) groups is 2. The Kier molecular flexibility index (Phi) is 9.40. The zero-order valence-electron chi connectivity index (χ0n) is 23.3. The van der Waals surface area contributed by atoms with Crippen LogP contribution < -0.4 is 25.8 Å². The summed E-state index contributed by atoms with van der Waals surface area (Å²) in [5.74, 6) is -1.00. The van der Waals surface area contributed by atoms with Crippen molar-refractivity contribution in [1.82, 2.24) is 20.2 Å². The van der Waals surface area contributed by atoms with E-state index in [-0.39, 0.29) is 18.2 Å². The van der Waals surface area contributed by atoms with E-state index in [0.29, 0.717) is 42.5 Å². The van der Waals surface area contributed by atoms with Crippen molar-refractivity contribution in [2.75, 3.05) is 6.61 Å². The Morgan fingerprint density at radius 1 is 1.09 bits per heavy atom. The molecule has 4 aromatic rings. The fraction of sp³-hybridized carbons (Fsp3) is 0.258. The maximum atomic E-state index is 13.3. The monoisotopic (exact) mass is 627 g/mol. The van der Waals surface area contributed by atoms with Gasteiger partial charge in [-0.3, -0.25) is 9.59 Å². The quantitative estimate of drug-likeness (QED) is 0.217. The second-order valence-electron chi connectivity index (χ2n) is 10.3. The van der Waals surface area contributed by atoms with Crippen molar-refractivity contribution in [3.63, 3.8) is 0 Å². The van der Waals surface area contributed by atoms with Gasteiger partial charge in [-0.05, 0) is 41.5 Å². The van der Waals surface area contributed by atoms with Crippen LogP contribution in [0.25, 0.3) is 0 Å². The zero-order valence-corrected chi connectivity index (χ0v) is 24.1. The smallest absolute Gasteiger partial charge is 0.492 e. The second-order valence-corrected chi connectivity index (χ2v) is 10.7. The number of halogens is 4. The molecule has 0 radical (unpaired) electrons. The number of benzene rings is 3. The minimum absolute atomic E-state index is 0.144. The van der Waals surface area contributed by atoms with Crippen molar-refractivity contribution in [3.8, 4) is 11.5 Å². The molecule has 0 saturated heterocycles. The standard InChI is InChI=1S/C31H29ClF3N5O4/c32-21-8-4-19(5-9-21)14-27(29(36)41)39-30(42)25-3-1-2-24-26(12-13-43-28(24)25)38-16-22-15-37-18-40(22)17-20-6-10-23(11-7-20)44-31(33,34)35/h1-11,15,18,26-27,38H,12-14,16-17H2,(H2,36,41)(H,39,42)/t26?,27-/m0/s1. The van der Waals surface area contributed by atoms with E-state index in [0.717, 1.165) is 22.4 Å². The molecule has 0 aliphatic carbocycles. The molecule has 0 fully saturated rings. The molecule has 3 aromatic carbocycles. The molecule has 9 nitrogen and oxygen atoms in total. The lowest BCUT2D eigenvalue weighted by Crippen LogP contribution is -2.46. The second kappa shape index (κ2) is 13.4. The summed E-state index contributed by atoms with van der Waals surface area (Å²) >= 11 is 5.95. The molecule has 0 saturated carbocycles. The third-order valence-electron chi connectivity index (χ3n) is 7.16. The van der Waals surface area contributed by atoms with Gasteiger partial charge in [0.05, 0.1) is 24.2 Å². The number of hydrogen-bond acceptors (Lipinski definition) is 6. The van der Waals surface area contributed by atoms with Gasteiger partial charge in [0.1, 0.15) is 17.5 Å². The molecule has 44 heavy (non-hydrogen) atoms. The highest BCUT2D eigenvalue weighted by atomic mass is 35.5. The lowest BCUT2D eigenvalue weighted by molar-refractivity contribution is -0.274. The molecule has 0 spiro atoms. The van der Waals surface area contributed by atoms with Crippen LogP contribution in [0.1, 0.15) is 45.2 Å². The number of carbonyl (C=O) groups excluding carboxylic acids is 2. The molecular formula is C31H29ClF3N5O4. The van der Waals surface area contributed by atoms with Crippen molar-refractivity contribution in [3.05, 3.63) is 112 Å². The maximum absolute atomic E-state index is 13.3. The predicted octanol–water partition coefficient (Wildman–Crippen LogP) is 4.92. The van der Waals surface area contributed by atoms with E-state index in [1.807, 2.05) is 10.6 Å². The number of fused-ring (bicyclic) bond motifs is 1. The third kappa shape index (κ3) is 7.88. The number of ether oxygens (including phenoxy) is 2. The number of primary amides is 1. The molecule has 2 heterocycles. The van der Waals surface area contributed by atoms with E-state index in [9.17, 15) is 22.8 Å². The van der Waals surface area contributed by atoms with Crippen LogP contribution in [0, 0.1) is 0 Å². The Morgan fingerprint density at radius 2 is 1.82 bits per heavy atom. The van der Waals surface area contributed by atoms with Gasteiger partial charge < -0.3 is 30.4 Å². The van der Waals surface area contributed by atoms with Gasteiger partial charge >= 0.3 is 6.36 Å². The summed E-state index contributed by atoms with van der Waals surface area (Å²) < 4.78 is 49.2. The summed E-state index contributed by atoms with van der Waals surface area (Å²) in [7, 11) is 0. The molecule has 1 aliphatic rings. The number of nitrogens with zero attached hydrogens (tertiary/aromatic N) is 2. The van der Waals surface area contributed by atoms with Gasteiger partial charge in [-0.25, -0.2) is 4.98 Å². The molecule has 4 N–H and O–H groups in total. The molecule has 230 valence electrons. The maximum Gasteiger partial charge on any atom is 0.573 e. The zero-order chi connectivity index (χ0) is 31.3. The summed E-state index contributed by atoms with van der Waals surface area (Å²) in [4.78, 5) is 29.7. The minimum atomic E-state index is -4.75. The van der Waals surface area contributed by atoms with Crippen LogP contribution in [0.15, 0.2) is 79.3 Å². The number of nitrogens with one attached hydrogen (secondary N) is 2. The number of para-hydroxylation sites is 1. The Morgan fingerprint density at radius 3 is 2.52 bits per heavy atom. The molecule has 1 aromatic heterocycles. The fourth-order valence-electron chi connectivity index (χ4n) is 4.99. The van der Waals surface area contributed by atoms with Crippen LogP contribution in [0.5, 0.6) is 11.5 Å². The number of hydrogen-bond donors (Lipinski definition) is 3. The molecular weight excluding hydrogens is 599 g/mol.